The monoisotopic (exact) mass is 419 g/mol. The molecule has 8 nitrogen and oxygen atoms in total. The quantitative estimate of drug-likeness (QED) is 0.457. The second kappa shape index (κ2) is 7.42. The van der Waals surface area contributed by atoms with Gasteiger partial charge in [0.1, 0.15) is 16.9 Å². The molecule has 0 spiro atoms. The van der Waals surface area contributed by atoms with Gasteiger partial charge >= 0.3 is 0 Å². The summed E-state index contributed by atoms with van der Waals surface area (Å²) in [5, 5.41) is 11.3. The SMILES string of the molecule is CC1=COCN1c1ccc(Sc2cc3nc(C)cn3c(Nc3cc(C)[nH]n3)n2)cc1. The van der Waals surface area contributed by atoms with E-state index in [0.29, 0.717) is 12.7 Å². The molecule has 0 atom stereocenters. The smallest absolute Gasteiger partial charge is 0.215 e. The van der Waals surface area contributed by atoms with Crippen molar-refractivity contribution in [2.24, 2.45) is 0 Å². The van der Waals surface area contributed by atoms with E-state index in [9.17, 15) is 0 Å². The summed E-state index contributed by atoms with van der Waals surface area (Å²) < 4.78 is 7.32. The number of hydrogen-bond acceptors (Lipinski definition) is 7. The lowest BCUT2D eigenvalue weighted by Crippen LogP contribution is -2.17. The zero-order valence-electron chi connectivity index (χ0n) is 16.9. The maximum absolute atomic E-state index is 5.38. The highest BCUT2D eigenvalue weighted by atomic mass is 32.2. The van der Waals surface area contributed by atoms with E-state index in [-0.39, 0.29) is 0 Å². The van der Waals surface area contributed by atoms with E-state index < -0.39 is 0 Å². The number of nitrogens with zero attached hydrogens (tertiary/aromatic N) is 5. The average Bonchev–Trinajstić information content (AvgIpc) is 3.42. The molecule has 9 heteroatoms. The number of allylic oxidation sites excluding steroid dienone is 1. The number of hydrogen-bond donors (Lipinski definition) is 2. The van der Waals surface area contributed by atoms with Crippen LogP contribution >= 0.6 is 11.8 Å². The number of imidazole rings is 1. The van der Waals surface area contributed by atoms with Crippen molar-refractivity contribution in [1.82, 2.24) is 24.6 Å². The van der Waals surface area contributed by atoms with Crippen LogP contribution in [0, 0.1) is 13.8 Å². The summed E-state index contributed by atoms with van der Waals surface area (Å²) in [7, 11) is 0. The molecule has 30 heavy (non-hydrogen) atoms. The van der Waals surface area contributed by atoms with E-state index in [0.717, 1.165) is 44.2 Å². The summed E-state index contributed by atoms with van der Waals surface area (Å²) in [6, 6.07) is 12.3. The number of aromatic amines is 1. The molecule has 1 aromatic carbocycles. The van der Waals surface area contributed by atoms with Gasteiger partial charge in [-0.3, -0.25) is 9.50 Å². The molecule has 0 amide bonds. The predicted molar refractivity (Wildman–Crippen MR) is 117 cm³/mol. The van der Waals surface area contributed by atoms with E-state index >= 15 is 0 Å². The van der Waals surface area contributed by atoms with Crippen molar-refractivity contribution >= 4 is 34.9 Å². The number of anilines is 3. The Morgan fingerprint density at radius 3 is 2.63 bits per heavy atom. The van der Waals surface area contributed by atoms with Crippen molar-refractivity contribution in [3.8, 4) is 0 Å². The van der Waals surface area contributed by atoms with Gasteiger partial charge in [0, 0.05) is 34.6 Å². The first-order chi connectivity index (χ1) is 14.5. The van der Waals surface area contributed by atoms with Gasteiger partial charge in [-0.2, -0.15) is 5.10 Å². The number of rotatable bonds is 5. The van der Waals surface area contributed by atoms with Gasteiger partial charge in [-0.1, -0.05) is 11.8 Å². The fourth-order valence-electron chi connectivity index (χ4n) is 3.32. The third-order valence-electron chi connectivity index (χ3n) is 4.75. The normalized spacial score (nSPS) is 13.6. The van der Waals surface area contributed by atoms with Crippen molar-refractivity contribution < 1.29 is 4.74 Å². The van der Waals surface area contributed by atoms with Gasteiger partial charge in [0.15, 0.2) is 12.5 Å². The molecule has 0 fully saturated rings. The first kappa shape index (κ1) is 18.6. The highest BCUT2D eigenvalue weighted by Gasteiger charge is 2.15. The van der Waals surface area contributed by atoms with Crippen LogP contribution in [0.15, 0.2) is 64.5 Å². The van der Waals surface area contributed by atoms with Gasteiger partial charge in [0.2, 0.25) is 5.95 Å². The van der Waals surface area contributed by atoms with Crippen molar-refractivity contribution in [3.63, 3.8) is 0 Å². The van der Waals surface area contributed by atoms with E-state index in [1.165, 1.54) is 0 Å². The molecule has 5 rings (SSSR count). The summed E-state index contributed by atoms with van der Waals surface area (Å²) in [5.74, 6) is 1.39. The molecule has 0 unspecified atom stereocenters. The molecular weight excluding hydrogens is 398 g/mol. The topological polar surface area (TPSA) is 83.4 Å². The zero-order valence-corrected chi connectivity index (χ0v) is 17.7. The molecular formula is C21H21N7OS. The molecule has 0 bridgehead atoms. The molecule has 152 valence electrons. The summed E-state index contributed by atoms with van der Waals surface area (Å²) in [4.78, 5) is 12.6. The van der Waals surface area contributed by atoms with Gasteiger partial charge in [-0.15, -0.1) is 0 Å². The Morgan fingerprint density at radius 2 is 1.93 bits per heavy atom. The average molecular weight is 420 g/mol. The summed E-state index contributed by atoms with van der Waals surface area (Å²) in [6.07, 6.45) is 3.74. The molecule has 1 aliphatic rings. The number of aryl methyl sites for hydroxylation is 2. The Kier molecular flexibility index (Phi) is 4.59. The lowest BCUT2D eigenvalue weighted by molar-refractivity contribution is 0.282. The molecule has 0 aliphatic carbocycles. The Hall–Kier alpha value is -3.46. The Labute approximate surface area is 178 Å². The van der Waals surface area contributed by atoms with Gasteiger partial charge in [0.05, 0.1) is 11.4 Å². The summed E-state index contributed by atoms with van der Waals surface area (Å²) >= 11 is 1.60. The third kappa shape index (κ3) is 3.59. The number of H-pyrrole nitrogens is 1. The van der Waals surface area contributed by atoms with E-state index in [1.807, 2.05) is 43.5 Å². The minimum Gasteiger partial charge on any atom is -0.479 e. The number of benzene rings is 1. The third-order valence-corrected chi connectivity index (χ3v) is 5.68. The second-order valence-electron chi connectivity index (χ2n) is 7.17. The van der Waals surface area contributed by atoms with Gasteiger partial charge < -0.3 is 15.0 Å². The molecule has 1 aliphatic heterocycles. The van der Waals surface area contributed by atoms with Crippen molar-refractivity contribution in [1.29, 1.82) is 0 Å². The van der Waals surface area contributed by atoms with Crippen LogP contribution in [0.25, 0.3) is 5.65 Å². The molecule has 2 N–H and O–H groups in total. The molecule has 0 saturated carbocycles. The zero-order chi connectivity index (χ0) is 20.7. The van der Waals surface area contributed by atoms with Crippen LogP contribution in [0.3, 0.4) is 0 Å². The number of ether oxygens (including phenoxy) is 1. The molecule has 4 heterocycles. The molecule has 4 aromatic rings. The van der Waals surface area contributed by atoms with Gasteiger partial charge in [-0.05, 0) is 45.0 Å². The fourth-order valence-corrected chi connectivity index (χ4v) is 4.13. The number of fused-ring (bicyclic) bond motifs is 1. The van der Waals surface area contributed by atoms with Crippen molar-refractivity contribution in [2.75, 3.05) is 16.9 Å². The minimum absolute atomic E-state index is 0.553. The lowest BCUT2D eigenvalue weighted by atomic mass is 10.3. The molecule has 0 saturated heterocycles. The van der Waals surface area contributed by atoms with E-state index in [4.69, 9.17) is 9.72 Å². The number of nitrogens with one attached hydrogen (secondary N) is 2. The van der Waals surface area contributed by atoms with Crippen LogP contribution in [0.2, 0.25) is 0 Å². The van der Waals surface area contributed by atoms with Crippen LogP contribution in [-0.4, -0.2) is 31.3 Å². The summed E-state index contributed by atoms with van der Waals surface area (Å²) in [5.41, 5.74) is 4.96. The number of aromatic nitrogens is 5. The molecule has 0 radical (unpaired) electrons. The predicted octanol–water partition coefficient (Wildman–Crippen LogP) is 4.62. The van der Waals surface area contributed by atoms with E-state index in [1.54, 1.807) is 18.0 Å². The maximum atomic E-state index is 5.38. The largest absolute Gasteiger partial charge is 0.479 e. The van der Waals surface area contributed by atoms with Crippen molar-refractivity contribution in [3.05, 3.63) is 65.9 Å². The lowest BCUT2D eigenvalue weighted by Gasteiger charge is -2.17. The fraction of sp³-hybridized carbons (Fsp3) is 0.190. The Balaban J connectivity index is 1.43. The van der Waals surface area contributed by atoms with Gasteiger partial charge in [0.25, 0.3) is 0 Å². The van der Waals surface area contributed by atoms with Crippen LogP contribution in [0.5, 0.6) is 0 Å². The Bertz CT molecular complexity index is 1240. The standard InChI is InChI=1S/C21H21N7OS/c1-13-8-18(26-25-13)23-21-24-20(9-19-22-14(2)10-27(19)21)30-17-6-4-16(5-7-17)28-12-29-11-15(28)3/h4-11H,12H2,1-3H3,(H2,23,24,25,26). The first-order valence-electron chi connectivity index (χ1n) is 9.55. The highest BCUT2D eigenvalue weighted by molar-refractivity contribution is 7.99. The minimum atomic E-state index is 0.553. The first-order valence-corrected chi connectivity index (χ1v) is 10.4. The Morgan fingerprint density at radius 1 is 1.10 bits per heavy atom. The molecule has 3 aromatic heterocycles. The highest BCUT2D eigenvalue weighted by Crippen LogP contribution is 2.31. The van der Waals surface area contributed by atoms with Crippen LogP contribution < -0.4 is 10.2 Å². The van der Waals surface area contributed by atoms with Crippen molar-refractivity contribution in [2.45, 2.75) is 30.7 Å². The van der Waals surface area contributed by atoms with Crippen LogP contribution in [0.1, 0.15) is 18.3 Å². The van der Waals surface area contributed by atoms with Gasteiger partial charge in [-0.25, -0.2) is 9.97 Å². The van der Waals surface area contributed by atoms with Crippen LogP contribution in [0.4, 0.5) is 17.5 Å². The second-order valence-corrected chi connectivity index (χ2v) is 8.26. The van der Waals surface area contributed by atoms with Crippen LogP contribution in [-0.2, 0) is 4.74 Å². The summed E-state index contributed by atoms with van der Waals surface area (Å²) in [6.45, 7) is 6.53. The maximum Gasteiger partial charge on any atom is 0.215 e. The van der Waals surface area contributed by atoms with E-state index in [2.05, 4.69) is 49.7 Å².